The van der Waals surface area contributed by atoms with E-state index in [0.717, 1.165) is 26.2 Å². The van der Waals surface area contributed by atoms with Gasteiger partial charge in [0, 0.05) is 9.37 Å². The van der Waals surface area contributed by atoms with Gasteiger partial charge in [-0.05, 0) is 53.6 Å². The molecule has 4 nitrogen and oxygen atoms in total. The van der Waals surface area contributed by atoms with E-state index in [0.29, 0.717) is 23.0 Å². The van der Waals surface area contributed by atoms with Crippen molar-refractivity contribution < 1.29 is 14.3 Å². The number of ether oxygens (including phenoxy) is 2. The fraction of sp³-hybridized carbons (Fsp3) is 0.0870. The van der Waals surface area contributed by atoms with Crippen LogP contribution in [0.15, 0.2) is 81.0 Å². The molecule has 0 aliphatic carbocycles. The minimum atomic E-state index is -0.108. The number of thioether (sulfide) groups is 1. The number of para-hydroxylation sites is 1. The summed E-state index contributed by atoms with van der Waals surface area (Å²) in [5, 5.41) is 2.93. The smallest absolute Gasteiger partial charge is 0.262 e. The van der Waals surface area contributed by atoms with Gasteiger partial charge in [-0.15, -0.1) is 0 Å². The molecule has 146 valence electrons. The van der Waals surface area contributed by atoms with Crippen LogP contribution in [0, 0.1) is 0 Å². The Kier molecular flexibility index (Phi) is 5.92. The zero-order valence-electron chi connectivity index (χ0n) is 15.6. The third-order valence-corrected chi connectivity index (χ3v) is 6.00. The molecule has 0 bridgehead atoms. The summed E-state index contributed by atoms with van der Waals surface area (Å²) in [5.41, 5.74) is 2.78. The molecule has 1 N–H and O–H groups in total. The number of carbonyl (C=O) groups is 1. The lowest BCUT2D eigenvalue weighted by atomic mass is 10.1. The van der Waals surface area contributed by atoms with E-state index in [4.69, 9.17) is 9.47 Å². The lowest BCUT2D eigenvalue weighted by molar-refractivity contribution is -0.112. The van der Waals surface area contributed by atoms with Crippen molar-refractivity contribution in [3.05, 3.63) is 87.2 Å². The van der Waals surface area contributed by atoms with Crippen molar-refractivity contribution in [3.8, 4) is 11.5 Å². The highest BCUT2D eigenvalue weighted by atomic mass is 79.9. The van der Waals surface area contributed by atoms with E-state index >= 15 is 0 Å². The van der Waals surface area contributed by atoms with Crippen LogP contribution in [-0.4, -0.2) is 13.0 Å². The highest BCUT2D eigenvalue weighted by molar-refractivity contribution is 9.10. The number of rotatable bonds is 5. The normalized spacial score (nSPS) is 14.3. The molecular formula is C23H18BrNO3S. The number of anilines is 1. The molecule has 6 heteroatoms. The van der Waals surface area contributed by atoms with E-state index in [1.54, 1.807) is 7.11 Å². The minimum absolute atomic E-state index is 0.108. The second-order valence-electron chi connectivity index (χ2n) is 6.39. The van der Waals surface area contributed by atoms with Crippen LogP contribution in [0.2, 0.25) is 0 Å². The first-order chi connectivity index (χ1) is 14.1. The third kappa shape index (κ3) is 4.66. The summed E-state index contributed by atoms with van der Waals surface area (Å²) in [6.45, 7) is 0.444. The number of hydrogen-bond acceptors (Lipinski definition) is 4. The van der Waals surface area contributed by atoms with Gasteiger partial charge in [-0.3, -0.25) is 4.79 Å². The van der Waals surface area contributed by atoms with Crippen molar-refractivity contribution in [2.75, 3.05) is 12.4 Å². The SMILES string of the molecule is COc1cc(/C=C2\Sc3ccccc3NC2=O)ccc1OCc1ccc(Br)cc1. The molecule has 0 saturated carbocycles. The molecule has 1 aliphatic rings. The Balaban J connectivity index is 1.52. The number of carbonyl (C=O) groups excluding carboxylic acids is 1. The highest BCUT2D eigenvalue weighted by Gasteiger charge is 2.20. The Morgan fingerprint density at radius 3 is 2.62 bits per heavy atom. The molecule has 29 heavy (non-hydrogen) atoms. The first-order valence-electron chi connectivity index (χ1n) is 8.97. The van der Waals surface area contributed by atoms with Crippen molar-refractivity contribution in [2.24, 2.45) is 0 Å². The van der Waals surface area contributed by atoms with Gasteiger partial charge < -0.3 is 14.8 Å². The molecule has 3 aromatic rings. The molecule has 1 amide bonds. The number of nitrogens with one attached hydrogen (secondary N) is 1. The molecule has 1 heterocycles. The number of halogens is 1. The molecule has 0 unspecified atom stereocenters. The minimum Gasteiger partial charge on any atom is -0.493 e. The van der Waals surface area contributed by atoms with Crippen LogP contribution >= 0.6 is 27.7 Å². The summed E-state index contributed by atoms with van der Waals surface area (Å²) in [5.74, 6) is 1.17. The second kappa shape index (κ2) is 8.76. The van der Waals surface area contributed by atoms with Gasteiger partial charge in [-0.25, -0.2) is 0 Å². The lowest BCUT2D eigenvalue weighted by Crippen LogP contribution is -2.17. The van der Waals surface area contributed by atoms with Gasteiger partial charge in [0.1, 0.15) is 6.61 Å². The molecule has 4 rings (SSSR count). The van der Waals surface area contributed by atoms with Gasteiger partial charge in [0.15, 0.2) is 11.5 Å². The van der Waals surface area contributed by atoms with Crippen molar-refractivity contribution >= 4 is 45.4 Å². The first kappa shape index (κ1) is 19.6. The fourth-order valence-corrected chi connectivity index (χ4v) is 4.10. The molecule has 0 spiro atoms. The van der Waals surface area contributed by atoms with Crippen LogP contribution in [-0.2, 0) is 11.4 Å². The van der Waals surface area contributed by atoms with Gasteiger partial charge in [0.05, 0.1) is 17.7 Å². The average molecular weight is 468 g/mol. The Bertz CT molecular complexity index is 1080. The second-order valence-corrected chi connectivity index (χ2v) is 8.39. The predicted molar refractivity (Wildman–Crippen MR) is 120 cm³/mol. The van der Waals surface area contributed by atoms with E-state index in [1.165, 1.54) is 11.8 Å². The number of benzene rings is 3. The van der Waals surface area contributed by atoms with Crippen molar-refractivity contribution in [3.63, 3.8) is 0 Å². The van der Waals surface area contributed by atoms with Gasteiger partial charge in [-0.2, -0.15) is 0 Å². The quantitative estimate of drug-likeness (QED) is 0.459. The summed E-state index contributed by atoms with van der Waals surface area (Å²) >= 11 is 4.89. The summed E-state index contributed by atoms with van der Waals surface area (Å²) in [7, 11) is 1.61. The van der Waals surface area contributed by atoms with Crippen LogP contribution in [0.4, 0.5) is 5.69 Å². The zero-order valence-corrected chi connectivity index (χ0v) is 18.0. The van der Waals surface area contributed by atoms with Crippen molar-refractivity contribution in [2.45, 2.75) is 11.5 Å². The van der Waals surface area contributed by atoms with E-state index in [-0.39, 0.29) is 5.91 Å². The molecule has 0 saturated heterocycles. The van der Waals surface area contributed by atoms with Gasteiger partial charge in [-0.1, -0.05) is 58.0 Å². The summed E-state index contributed by atoms with van der Waals surface area (Å²) < 4.78 is 12.4. The third-order valence-electron chi connectivity index (χ3n) is 4.37. The largest absolute Gasteiger partial charge is 0.493 e. The molecule has 1 aliphatic heterocycles. The van der Waals surface area contributed by atoms with E-state index in [9.17, 15) is 4.79 Å². The topological polar surface area (TPSA) is 47.6 Å². The van der Waals surface area contributed by atoms with E-state index in [1.807, 2.05) is 72.8 Å². The molecule has 0 radical (unpaired) electrons. The van der Waals surface area contributed by atoms with Gasteiger partial charge >= 0.3 is 0 Å². The van der Waals surface area contributed by atoms with Gasteiger partial charge in [0.25, 0.3) is 5.91 Å². The van der Waals surface area contributed by atoms with Crippen molar-refractivity contribution in [1.82, 2.24) is 0 Å². The summed E-state index contributed by atoms with van der Waals surface area (Å²) in [6, 6.07) is 21.4. The number of fused-ring (bicyclic) bond motifs is 1. The monoisotopic (exact) mass is 467 g/mol. The molecule has 0 fully saturated rings. The molecule has 0 aromatic heterocycles. The predicted octanol–water partition coefficient (Wildman–Crippen LogP) is 6.12. The Hall–Kier alpha value is -2.70. The standard InChI is InChI=1S/C23H18BrNO3S/c1-27-20-12-16(8-11-19(20)28-14-15-6-9-17(24)10-7-15)13-22-23(26)25-18-4-2-3-5-21(18)29-22/h2-13H,14H2,1H3,(H,25,26)/b22-13-. The highest BCUT2D eigenvalue weighted by Crippen LogP contribution is 2.39. The Morgan fingerprint density at radius 1 is 1.03 bits per heavy atom. The maximum atomic E-state index is 12.4. The fourth-order valence-electron chi connectivity index (χ4n) is 2.89. The maximum absolute atomic E-state index is 12.4. The molecular weight excluding hydrogens is 450 g/mol. The van der Waals surface area contributed by atoms with E-state index < -0.39 is 0 Å². The van der Waals surface area contributed by atoms with Crippen LogP contribution in [0.5, 0.6) is 11.5 Å². The van der Waals surface area contributed by atoms with Gasteiger partial charge in [0.2, 0.25) is 0 Å². The molecule has 0 atom stereocenters. The maximum Gasteiger partial charge on any atom is 0.262 e. The summed E-state index contributed by atoms with van der Waals surface area (Å²) in [4.78, 5) is 14.1. The number of methoxy groups -OCH3 is 1. The van der Waals surface area contributed by atoms with Crippen LogP contribution in [0.1, 0.15) is 11.1 Å². The van der Waals surface area contributed by atoms with Crippen LogP contribution in [0.3, 0.4) is 0 Å². The average Bonchev–Trinajstić information content (AvgIpc) is 2.74. The Morgan fingerprint density at radius 2 is 1.83 bits per heavy atom. The zero-order chi connectivity index (χ0) is 20.2. The first-order valence-corrected chi connectivity index (χ1v) is 10.6. The number of hydrogen-bond donors (Lipinski definition) is 1. The Labute approximate surface area is 182 Å². The summed E-state index contributed by atoms with van der Waals surface area (Å²) in [6.07, 6.45) is 1.86. The number of amides is 1. The molecule has 3 aromatic carbocycles. The van der Waals surface area contributed by atoms with E-state index in [2.05, 4.69) is 21.2 Å². The van der Waals surface area contributed by atoms with Crippen LogP contribution in [0.25, 0.3) is 6.08 Å². The van der Waals surface area contributed by atoms with Crippen LogP contribution < -0.4 is 14.8 Å². The lowest BCUT2D eigenvalue weighted by Gasteiger charge is -2.18. The van der Waals surface area contributed by atoms with Crippen molar-refractivity contribution in [1.29, 1.82) is 0 Å².